The highest BCUT2D eigenvalue weighted by Crippen LogP contribution is 2.48. The zero-order chi connectivity index (χ0) is 52.8. The average Bonchev–Trinajstić information content (AvgIpc) is 3.97. The van der Waals surface area contributed by atoms with E-state index in [0.717, 1.165) is 60.2 Å². The zero-order valence-corrected chi connectivity index (χ0v) is 46.5. The fourth-order valence-corrected chi connectivity index (χ4v) is 15.7. The number of hydrogen-bond donors (Lipinski definition) is 1. The van der Waals surface area contributed by atoms with Crippen LogP contribution in [0.25, 0.3) is 0 Å². The number of imide groups is 1. The molecule has 0 spiro atoms. The van der Waals surface area contributed by atoms with Crippen LogP contribution in [-0.2, 0) is 38.6 Å². The van der Waals surface area contributed by atoms with E-state index in [1.807, 2.05) is 111 Å². The predicted octanol–water partition coefficient (Wildman–Crippen LogP) is 12.7. The monoisotopic (exact) mass is 1020 g/mol. The van der Waals surface area contributed by atoms with E-state index in [-0.39, 0.29) is 24.5 Å². The van der Waals surface area contributed by atoms with E-state index in [1.165, 1.54) is 25.7 Å². The second-order valence-electron chi connectivity index (χ2n) is 22.5. The molecule has 1 N–H and O–H groups in total. The van der Waals surface area contributed by atoms with E-state index in [1.54, 1.807) is 26.8 Å². The second kappa shape index (κ2) is 25.6. The normalized spacial score (nSPS) is 17.9. The molecule has 396 valence electrons. The van der Waals surface area contributed by atoms with Crippen LogP contribution in [0.4, 0.5) is 4.79 Å². The van der Waals surface area contributed by atoms with Gasteiger partial charge in [0.1, 0.15) is 5.60 Å². The number of ether oxygens (including phenoxy) is 4. The van der Waals surface area contributed by atoms with Crippen LogP contribution < -0.4 is 10.4 Å². The van der Waals surface area contributed by atoms with E-state index < -0.39 is 60.0 Å². The van der Waals surface area contributed by atoms with Crippen LogP contribution in [0.2, 0.25) is 5.04 Å². The summed E-state index contributed by atoms with van der Waals surface area (Å²) >= 11 is 0. The molecule has 0 aliphatic carbocycles. The van der Waals surface area contributed by atoms with Crippen molar-refractivity contribution in [2.45, 2.75) is 186 Å². The minimum absolute atomic E-state index is 0.114. The van der Waals surface area contributed by atoms with Crippen molar-refractivity contribution in [3.8, 4) is 0 Å². The number of hydrogen-bond acceptors (Lipinski definition) is 9. The highest BCUT2D eigenvalue weighted by atomic mass is 28.4. The second-order valence-corrected chi connectivity index (χ2v) is 26.8. The van der Waals surface area contributed by atoms with Crippen LogP contribution in [-0.4, -0.2) is 79.1 Å². The van der Waals surface area contributed by atoms with Gasteiger partial charge in [-0.3, -0.25) is 4.79 Å². The van der Waals surface area contributed by atoms with E-state index in [0.29, 0.717) is 37.2 Å². The van der Waals surface area contributed by atoms with Crippen molar-refractivity contribution in [2.75, 3.05) is 19.8 Å². The Balaban J connectivity index is 1.36. The van der Waals surface area contributed by atoms with Crippen molar-refractivity contribution in [2.24, 2.45) is 5.92 Å². The summed E-state index contributed by atoms with van der Waals surface area (Å²) in [5.74, 6) is -2.63. The van der Waals surface area contributed by atoms with Crippen LogP contribution in [0.5, 0.6) is 0 Å². The molecule has 10 nitrogen and oxygen atoms in total. The van der Waals surface area contributed by atoms with Gasteiger partial charge in [0, 0.05) is 37.0 Å². The van der Waals surface area contributed by atoms with E-state index in [9.17, 15) is 14.7 Å². The lowest BCUT2D eigenvalue weighted by Crippen LogP contribution is -2.67. The zero-order valence-electron chi connectivity index (χ0n) is 45.5. The number of amides is 2. The quantitative estimate of drug-likeness (QED) is 0.0284. The molecule has 2 heterocycles. The van der Waals surface area contributed by atoms with Gasteiger partial charge in [0.15, 0.2) is 17.0 Å². The van der Waals surface area contributed by atoms with Gasteiger partial charge < -0.3 is 28.5 Å². The van der Waals surface area contributed by atoms with E-state index >= 15 is 4.79 Å². The molecule has 11 heteroatoms. The van der Waals surface area contributed by atoms with E-state index in [2.05, 4.69) is 52.0 Å². The molecule has 0 radical (unpaired) electrons. The van der Waals surface area contributed by atoms with Crippen LogP contribution in [0.15, 0.2) is 133 Å². The van der Waals surface area contributed by atoms with Gasteiger partial charge in [-0.05, 0) is 67.8 Å². The van der Waals surface area contributed by atoms with Crippen LogP contribution >= 0.6 is 0 Å². The summed E-state index contributed by atoms with van der Waals surface area (Å²) in [4.78, 5) is 46.9. The summed E-state index contributed by atoms with van der Waals surface area (Å²) in [5, 5.41) is 15.1. The van der Waals surface area contributed by atoms with Gasteiger partial charge in [-0.1, -0.05) is 214 Å². The van der Waals surface area contributed by atoms with Crippen LogP contribution in [0.3, 0.4) is 0 Å². The summed E-state index contributed by atoms with van der Waals surface area (Å²) in [7, 11) is -3.19. The first-order valence-electron chi connectivity index (χ1n) is 27.2. The van der Waals surface area contributed by atoms with Crippen molar-refractivity contribution >= 4 is 36.7 Å². The molecule has 0 bridgehead atoms. The summed E-state index contributed by atoms with van der Waals surface area (Å²) < 4.78 is 32.3. The van der Waals surface area contributed by atoms with Gasteiger partial charge in [-0.25, -0.2) is 14.5 Å². The highest BCUT2D eigenvalue weighted by Gasteiger charge is 2.61. The van der Waals surface area contributed by atoms with Gasteiger partial charge in [-0.2, -0.15) is 0 Å². The van der Waals surface area contributed by atoms with Gasteiger partial charge in [0.2, 0.25) is 0 Å². The fraction of sp³-hybridized carbons (Fsp3) is 0.532. The first-order valence-corrected chi connectivity index (χ1v) is 29.1. The number of nitrogens with zero attached hydrogens (tertiary/aromatic N) is 1. The van der Waals surface area contributed by atoms with Crippen molar-refractivity contribution in [1.82, 2.24) is 4.90 Å². The Morgan fingerprint density at radius 2 is 1.18 bits per heavy atom. The Kier molecular flexibility index (Phi) is 20.1. The number of allylic oxidation sites excluding steroid dienone is 1. The Hall–Kier alpha value is -4.91. The number of unbranched alkanes of at least 4 members (excludes halogenated alkanes) is 9. The summed E-state index contributed by atoms with van der Waals surface area (Å²) in [6.07, 6.45) is 13.0. The maximum absolute atomic E-state index is 15.9. The molecular formula is C62H85NO9Si. The van der Waals surface area contributed by atoms with Gasteiger partial charge >= 0.3 is 12.1 Å². The maximum atomic E-state index is 15.9. The first-order chi connectivity index (χ1) is 34.9. The molecule has 2 saturated heterocycles. The number of carbonyl (C=O) groups is 3. The van der Waals surface area contributed by atoms with Crippen LogP contribution in [0, 0.1) is 5.92 Å². The average molecular weight is 1020 g/mol. The van der Waals surface area contributed by atoms with Crippen molar-refractivity contribution in [3.05, 3.63) is 144 Å². The summed E-state index contributed by atoms with van der Waals surface area (Å²) in [6.45, 7) is 19.0. The number of carbonyl (C=O) groups excluding carboxylic acids is 3. The fourth-order valence-electron chi connectivity index (χ4n) is 11.1. The Labute approximate surface area is 438 Å². The molecule has 6 rings (SSSR count). The van der Waals surface area contributed by atoms with Crippen molar-refractivity contribution in [3.63, 3.8) is 0 Å². The molecule has 4 aromatic carbocycles. The Morgan fingerprint density at radius 1 is 0.712 bits per heavy atom. The topological polar surface area (TPSA) is 121 Å². The minimum atomic E-state index is -3.19. The third-order valence-corrected chi connectivity index (χ3v) is 19.6. The molecule has 2 fully saturated rings. The number of esters is 1. The molecular weight excluding hydrogens is 931 g/mol. The maximum Gasteiger partial charge on any atom is 0.418 e. The number of rotatable bonds is 26. The third kappa shape index (κ3) is 13.5. The smallest absolute Gasteiger partial charge is 0.418 e. The lowest BCUT2D eigenvalue weighted by molar-refractivity contribution is -0.175. The molecule has 2 aliphatic rings. The van der Waals surface area contributed by atoms with Gasteiger partial charge in [0.05, 0.1) is 24.8 Å². The van der Waals surface area contributed by atoms with Gasteiger partial charge in [-0.15, -0.1) is 0 Å². The predicted molar refractivity (Wildman–Crippen MR) is 293 cm³/mol. The summed E-state index contributed by atoms with van der Waals surface area (Å²) in [6, 6.07) is 38.4. The van der Waals surface area contributed by atoms with Gasteiger partial charge in [0.25, 0.3) is 14.2 Å². The first kappa shape index (κ1) is 57.4. The molecule has 73 heavy (non-hydrogen) atoms. The molecule has 0 unspecified atom stereocenters. The molecule has 4 aromatic rings. The Bertz CT molecular complexity index is 2290. The largest absolute Gasteiger partial charge is 0.458 e. The standard InChI is InChI=1S/C62H85NO9Si/c1-10-11-12-16-31-42-60(68-46-47-69-60)43-32-17-14-13-15-30-41-53(55(64)63-54(48(2)3)62(72-57(63)66,49-33-22-18-23-34-49)50-35-24-19-25-36-50)61(67,56(65)71-58(4,5)6)44-45-70-73(59(7,8)9,51-37-26-20-27-38-51)52-39-28-21-29-40-52/h18-29,33-41,48,54,67H,10-17,30-32,42-47H2,1-9H3/t54-,61-/m0/s1. The van der Waals surface area contributed by atoms with Crippen molar-refractivity contribution < 1.29 is 42.9 Å². The molecule has 2 amide bonds. The third-order valence-electron chi connectivity index (χ3n) is 14.6. The van der Waals surface area contributed by atoms with E-state index in [4.69, 9.17) is 23.4 Å². The molecule has 0 aromatic heterocycles. The van der Waals surface area contributed by atoms with Crippen LogP contribution in [0.1, 0.15) is 163 Å². The summed E-state index contributed by atoms with van der Waals surface area (Å²) in [5.41, 5.74) is -3.84. The Morgan fingerprint density at radius 3 is 1.64 bits per heavy atom. The molecule has 0 saturated carbocycles. The van der Waals surface area contributed by atoms with Crippen molar-refractivity contribution in [1.29, 1.82) is 0 Å². The number of aliphatic hydroxyl groups is 1. The number of cyclic esters (lactones) is 1. The lowest BCUT2D eigenvalue weighted by atomic mass is 9.75. The molecule has 2 aliphatic heterocycles. The highest BCUT2D eigenvalue weighted by molar-refractivity contribution is 6.99. The SMILES string of the molecule is CCCCCCCC1(CCCCCCCC=C(C(=O)N2C(=O)OC(c3ccccc3)(c3ccccc3)[C@@H]2C(C)C)[C@@](O)(CCO[Si](c2ccccc2)(c2ccccc2)C(C)(C)C)C(=O)OC(C)(C)C)OCCO1. The minimum Gasteiger partial charge on any atom is -0.458 e. The number of benzene rings is 4. The molecule has 2 atom stereocenters. The lowest BCUT2D eigenvalue weighted by Gasteiger charge is -2.43.